The summed E-state index contributed by atoms with van der Waals surface area (Å²) in [5.41, 5.74) is 5.69. The number of nitrogen functional groups attached to an aromatic ring is 1. The first-order chi connectivity index (χ1) is 8.35. The van der Waals surface area contributed by atoms with Crippen LogP contribution in [0.4, 0.5) is 0 Å². The third-order valence-electron chi connectivity index (χ3n) is 2.76. The molecule has 3 N–H and O–H groups in total. The Morgan fingerprint density at radius 3 is 2.61 bits per heavy atom. The topological polar surface area (TPSA) is 68.3 Å². The maximum absolute atomic E-state index is 7.33. The van der Waals surface area contributed by atoms with E-state index in [1.165, 1.54) is 0 Å². The summed E-state index contributed by atoms with van der Waals surface area (Å²) in [7, 11) is 1.68. The zero-order valence-corrected chi connectivity index (χ0v) is 11.7. The molecule has 0 spiro atoms. The fourth-order valence-electron chi connectivity index (χ4n) is 1.32. The van der Waals surface area contributed by atoms with Crippen molar-refractivity contribution < 1.29 is 9.47 Å². The molecule has 0 fully saturated rings. The van der Waals surface area contributed by atoms with Crippen molar-refractivity contribution >= 4 is 17.4 Å². The molecular weight excluding hydrogens is 252 g/mol. The number of hydrogen-bond acceptors (Lipinski definition) is 3. The van der Waals surface area contributed by atoms with Crippen LogP contribution in [-0.4, -0.2) is 25.2 Å². The summed E-state index contributed by atoms with van der Waals surface area (Å²) in [4.78, 5) is 0. The Balaban J connectivity index is 2.59. The van der Waals surface area contributed by atoms with Gasteiger partial charge in [-0.3, -0.25) is 5.41 Å². The fraction of sp³-hybridized carbons (Fsp3) is 0.462. The van der Waals surface area contributed by atoms with Crippen LogP contribution in [0.2, 0.25) is 5.02 Å². The van der Waals surface area contributed by atoms with E-state index in [4.69, 9.17) is 32.2 Å². The van der Waals surface area contributed by atoms with Crippen molar-refractivity contribution in [1.82, 2.24) is 0 Å². The Morgan fingerprint density at radius 1 is 1.44 bits per heavy atom. The molecule has 0 aliphatic heterocycles. The average Bonchev–Trinajstić information content (AvgIpc) is 2.28. The molecule has 0 amide bonds. The van der Waals surface area contributed by atoms with Gasteiger partial charge in [0.15, 0.2) is 0 Å². The van der Waals surface area contributed by atoms with Gasteiger partial charge in [0.25, 0.3) is 0 Å². The minimum atomic E-state index is -0.205. The van der Waals surface area contributed by atoms with E-state index < -0.39 is 0 Å². The van der Waals surface area contributed by atoms with E-state index in [1.54, 1.807) is 25.3 Å². The van der Waals surface area contributed by atoms with Gasteiger partial charge in [0, 0.05) is 19.1 Å². The quantitative estimate of drug-likeness (QED) is 0.617. The lowest BCUT2D eigenvalue weighted by Crippen LogP contribution is -2.25. The van der Waals surface area contributed by atoms with Crippen molar-refractivity contribution in [2.75, 3.05) is 13.7 Å². The second kappa shape index (κ2) is 6.07. The third-order valence-corrected chi connectivity index (χ3v) is 3.07. The lowest BCUT2D eigenvalue weighted by atomic mass is 10.1. The van der Waals surface area contributed by atoms with Crippen LogP contribution in [0, 0.1) is 5.41 Å². The van der Waals surface area contributed by atoms with Gasteiger partial charge in [-0.1, -0.05) is 11.6 Å². The average molecular weight is 271 g/mol. The first-order valence-electron chi connectivity index (χ1n) is 5.67. The minimum absolute atomic E-state index is 0.0490. The first-order valence-corrected chi connectivity index (χ1v) is 6.05. The van der Waals surface area contributed by atoms with Crippen molar-refractivity contribution in [1.29, 1.82) is 5.41 Å². The maximum Gasteiger partial charge on any atom is 0.124 e. The number of rotatable bonds is 6. The minimum Gasteiger partial charge on any atom is -0.493 e. The van der Waals surface area contributed by atoms with Gasteiger partial charge in [0.1, 0.15) is 11.6 Å². The normalized spacial score (nSPS) is 11.3. The molecule has 1 rings (SSSR count). The Morgan fingerprint density at radius 2 is 2.11 bits per heavy atom. The predicted octanol–water partition coefficient (Wildman–Crippen LogP) is 2.82. The molecule has 0 unspecified atom stereocenters. The van der Waals surface area contributed by atoms with Gasteiger partial charge in [-0.15, -0.1) is 0 Å². The highest BCUT2D eigenvalue weighted by molar-refractivity contribution is 6.34. The van der Waals surface area contributed by atoms with Crippen LogP contribution in [0.3, 0.4) is 0 Å². The molecule has 0 saturated heterocycles. The number of ether oxygens (including phenoxy) is 2. The Kier molecular flexibility index (Phi) is 4.99. The molecule has 0 aliphatic carbocycles. The standard InChI is InChI=1S/C13H19ClN2O2/c1-13(2,17-3)6-7-18-9-4-5-10(12(15)16)11(14)8-9/h4-5,8H,6-7H2,1-3H3,(H3,15,16). The van der Waals surface area contributed by atoms with Crippen molar-refractivity contribution in [3.05, 3.63) is 28.8 Å². The molecule has 0 heterocycles. The van der Waals surface area contributed by atoms with Crippen LogP contribution < -0.4 is 10.5 Å². The zero-order chi connectivity index (χ0) is 13.8. The summed E-state index contributed by atoms with van der Waals surface area (Å²) in [6.07, 6.45) is 0.773. The summed E-state index contributed by atoms with van der Waals surface area (Å²) < 4.78 is 10.9. The molecule has 0 aliphatic rings. The monoisotopic (exact) mass is 270 g/mol. The molecule has 100 valence electrons. The fourth-order valence-corrected chi connectivity index (χ4v) is 1.59. The first kappa shape index (κ1) is 14.8. The molecule has 1 aromatic rings. The number of halogens is 1. The summed E-state index contributed by atoms with van der Waals surface area (Å²) in [5, 5.41) is 7.75. The second-order valence-corrected chi connectivity index (χ2v) is 5.02. The summed E-state index contributed by atoms with van der Waals surface area (Å²) in [6, 6.07) is 5.10. The number of nitrogens with one attached hydrogen (secondary N) is 1. The SMILES string of the molecule is COC(C)(C)CCOc1ccc(C(=N)N)c(Cl)c1. The van der Waals surface area contributed by atoms with E-state index in [2.05, 4.69) is 0 Å². The van der Waals surface area contributed by atoms with E-state index in [1.807, 2.05) is 13.8 Å². The third kappa shape index (κ3) is 4.20. The van der Waals surface area contributed by atoms with Gasteiger partial charge in [-0.25, -0.2) is 0 Å². The van der Waals surface area contributed by atoms with Crippen LogP contribution >= 0.6 is 11.6 Å². The maximum atomic E-state index is 7.33. The van der Waals surface area contributed by atoms with E-state index in [0.717, 1.165) is 6.42 Å². The zero-order valence-electron chi connectivity index (χ0n) is 10.9. The van der Waals surface area contributed by atoms with Crippen molar-refractivity contribution in [3.63, 3.8) is 0 Å². The van der Waals surface area contributed by atoms with E-state index >= 15 is 0 Å². The number of nitrogens with two attached hydrogens (primary N) is 1. The van der Waals surface area contributed by atoms with E-state index in [9.17, 15) is 0 Å². The predicted molar refractivity (Wildman–Crippen MR) is 73.7 cm³/mol. The van der Waals surface area contributed by atoms with Gasteiger partial charge < -0.3 is 15.2 Å². The molecule has 18 heavy (non-hydrogen) atoms. The molecule has 0 aromatic heterocycles. The largest absolute Gasteiger partial charge is 0.493 e. The van der Waals surface area contributed by atoms with Crippen LogP contribution in [0.5, 0.6) is 5.75 Å². The smallest absolute Gasteiger partial charge is 0.124 e. The Labute approximate surface area is 113 Å². The van der Waals surface area contributed by atoms with Gasteiger partial charge in [0.2, 0.25) is 0 Å². The lowest BCUT2D eigenvalue weighted by Gasteiger charge is -2.22. The molecule has 5 heteroatoms. The highest BCUT2D eigenvalue weighted by atomic mass is 35.5. The number of amidine groups is 1. The van der Waals surface area contributed by atoms with E-state index in [-0.39, 0.29) is 11.4 Å². The van der Waals surface area contributed by atoms with Crippen molar-refractivity contribution in [3.8, 4) is 5.75 Å². The van der Waals surface area contributed by atoms with Crippen LogP contribution in [0.1, 0.15) is 25.8 Å². The molecular formula is C13H19ClN2O2. The number of methoxy groups -OCH3 is 1. The number of benzene rings is 1. The lowest BCUT2D eigenvalue weighted by molar-refractivity contribution is 0.00546. The van der Waals surface area contributed by atoms with Gasteiger partial charge in [-0.05, 0) is 32.0 Å². The second-order valence-electron chi connectivity index (χ2n) is 4.62. The van der Waals surface area contributed by atoms with Crippen LogP contribution in [0.15, 0.2) is 18.2 Å². The molecule has 0 saturated carbocycles. The number of hydrogen-bond donors (Lipinski definition) is 2. The van der Waals surface area contributed by atoms with Crippen molar-refractivity contribution in [2.45, 2.75) is 25.9 Å². The van der Waals surface area contributed by atoms with E-state index in [0.29, 0.717) is 22.9 Å². The highest BCUT2D eigenvalue weighted by Gasteiger charge is 2.16. The van der Waals surface area contributed by atoms with Gasteiger partial charge >= 0.3 is 0 Å². The molecule has 0 bridgehead atoms. The molecule has 1 aromatic carbocycles. The van der Waals surface area contributed by atoms with Gasteiger partial charge in [-0.2, -0.15) is 0 Å². The van der Waals surface area contributed by atoms with Crippen LogP contribution in [0.25, 0.3) is 0 Å². The van der Waals surface area contributed by atoms with Gasteiger partial charge in [0.05, 0.1) is 17.2 Å². The Hall–Kier alpha value is -1.26. The molecule has 0 radical (unpaired) electrons. The molecule has 0 atom stereocenters. The summed E-state index contributed by atoms with van der Waals surface area (Å²) >= 11 is 5.99. The summed E-state index contributed by atoms with van der Waals surface area (Å²) in [5.74, 6) is 0.615. The molecule has 4 nitrogen and oxygen atoms in total. The van der Waals surface area contributed by atoms with Crippen LogP contribution in [-0.2, 0) is 4.74 Å². The highest BCUT2D eigenvalue weighted by Crippen LogP contribution is 2.23. The summed E-state index contributed by atoms with van der Waals surface area (Å²) in [6.45, 7) is 4.54. The Bertz CT molecular complexity index is 433. The van der Waals surface area contributed by atoms with Crippen molar-refractivity contribution in [2.24, 2.45) is 5.73 Å².